The molecule has 5 heteroatoms. The van der Waals surface area contributed by atoms with Crippen molar-refractivity contribution >= 4 is 5.91 Å². The van der Waals surface area contributed by atoms with Crippen LogP contribution in [-0.4, -0.2) is 28.9 Å². The molecule has 1 fully saturated rings. The van der Waals surface area contributed by atoms with Crippen LogP contribution in [0.5, 0.6) is 0 Å². The molecular weight excluding hydrogens is 319 g/mol. The fraction of sp³-hybridized carbons (Fsp3) is 0.500. The summed E-state index contributed by atoms with van der Waals surface area (Å²) in [6.45, 7) is 0. The maximum atomic E-state index is 13.8. The predicted octanol–water partition coefficient (Wildman–Crippen LogP) is 4.59. The molecule has 3 rings (SSSR count). The smallest absolute Gasteiger partial charge is 0.223 e. The second-order valence-electron chi connectivity index (χ2n) is 6.75. The van der Waals surface area contributed by atoms with Crippen LogP contribution in [0.3, 0.4) is 0 Å². The second kappa shape index (κ2) is 8.28. The Morgan fingerprint density at radius 2 is 1.96 bits per heavy atom. The lowest BCUT2D eigenvalue weighted by Crippen LogP contribution is -2.36. The van der Waals surface area contributed by atoms with Gasteiger partial charge in [0, 0.05) is 25.9 Å². The van der Waals surface area contributed by atoms with E-state index in [4.69, 9.17) is 4.42 Å². The Morgan fingerprint density at radius 3 is 2.68 bits per heavy atom. The highest BCUT2D eigenvalue weighted by atomic mass is 19.1. The molecule has 1 aliphatic carbocycles. The molecule has 1 aromatic heterocycles. The Labute approximate surface area is 148 Å². The maximum absolute atomic E-state index is 13.8. The van der Waals surface area contributed by atoms with E-state index in [9.17, 15) is 9.18 Å². The number of benzene rings is 1. The number of nitrogens with zero attached hydrogens (tertiary/aromatic N) is 2. The summed E-state index contributed by atoms with van der Waals surface area (Å²) in [7, 11) is 1.90. The molecular formula is C20H25FN2O2. The molecule has 4 nitrogen and oxygen atoms in total. The normalized spacial score (nSPS) is 15.8. The highest BCUT2D eigenvalue weighted by Crippen LogP contribution is 2.24. The third-order valence-corrected chi connectivity index (χ3v) is 5.01. The zero-order valence-electron chi connectivity index (χ0n) is 14.7. The fourth-order valence-electron chi connectivity index (χ4n) is 3.45. The van der Waals surface area contributed by atoms with Crippen molar-refractivity contribution in [3.05, 3.63) is 42.2 Å². The Bertz CT molecular complexity index is 705. The van der Waals surface area contributed by atoms with Gasteiger partial charge in [0.2, 0.25) is 5.91 Å². The predicted molar refractivity (Wildman–Crippen MR) is 94.5 cm³/mol. The molecule has 25 heavy (non-hydrogen) atoms. The van der Waals surface area contributed by atoms with Crippen molar-refractivity contribution in [2.45, 2.75) is 57.4 Å². The average molecular weight is 344 g/mol. The number of aryl methyl sites for hydroxylation is 1. The first-order valence-electron chi connectivity index (χ1n) is 9.10. The Kier molecular flexibility index (Phi) is 5.84. The summed E-state index contributed by atoms with van der Waals surface area (Å²) in [5, 5.41) is 0. The van der Waals surface area contributed by atoms with Gasteiger partial charge in [-0.1, -0.05) is 37.8 Å². The van der Waals surface area contributed by atoms with Crippen molar-refractivity contribution in [2.24, 2.45) is 0 Å². The van der Waals surface area contributed by atoms with Gasteiger partial charge in [0.1, 0.15) is 5.82 Å². The molecule has 1 saturated carbocycles. The van der Waals surface area contributed by atoms with Gasteiger partial charge in [-0.15, -0.1) is 0 Å². The number of amides is 1. The van der Waals surface area contributed by atoms with Gasteiger partial charge in [0.05, 0.1) is 11.8 Å². The number of hydrogen-bond acceptors (Lipinski definition) is 3. The number of aromatic nitrogens is 1. The molecule has 0 unspecified atom stereocenters. The average Bonchev–Trinajstić information content (AvgIpc) is 2.92. The van der Waals surface area contributed by atoms with Gasteiger partial charge in [0.15, 0.2) is 11.7 Å². The third kappa shape index (κ3) is 4.47. The molecule has 0 N–H and O–H groups in total. The first-order valence-corrected chi connectivity index (χ1v) is 9.10. The lowest BCUT2D eigenvalue weighted by Gasteiger charge is -2.27. The molecule has 0 spiro atoms. The molecule has 0 saturated heterocycles. The van der Waals surface area contributed by atoms with E-state index < -0.39 is 0 Å². The molecule has 0 atom stereocenters. The molecule has 1 aliphatic rings. The molecule has 1 aromatic carbocycles. The summed E-state index contributed by atoms with van der Waals surface area (Å²) in [6, 6.07) is 6.80. The van der Waals surface area contributed by atoms with E-state index in [2.05, 4.69) is 4.98 Å². The van der Waals surface area contributed by atoms with Crippen LogP contribution in [0.25, 0.3) is 11.3 Å². The van der Waals surface area contributed by atoms with Crippen LogP contribution in [0.15, 0.2) is 34.9 Å². The molecule has 1 heterocycles. The standard InChI is InChI=1S/C20H25FN2O2/c1-23(15-8-4-2-3-5-9-15)20(24)13-12-19-22-14-18(25-19)16-10-6-7-11-17(16)21/h6-7,10-11,14-15H,2-5,8-9,12-13H2,1H3. The number of oxazole rings is 1. The van der Waals surface area contributed by atoms with E-state index in [0.717, 1.165) is 12.8 Å². The molecule has 134 valence electrons. The topological polar surface area (TPSA) is 46.3 Å². The largest absolute Gasteiger partial charge is 0.441 e. The summed E-state index contributed by atoms with van der Waals surface area (Å²) in [5.41, 5.74) is 0.392. The van der Waals surface area contributed by atoms with Crippen molar-refractivity contribution in [1.29, 1.82) is 0 Å². The summed E-state index contributed by atoms with van der Waals surface area (Å²) in [6.07, 6.45) is 9.46. The number of rotatable bonds is 5. The van der Waals surface area contributed by atoms with E-state index >= 15 is 0 Å². The molecule has 1 amide bonds. The lowest BCUT2D eigenvalue weighted by molar-refractivity contribution is -0.132. The monoisotopic (exact) mass is 344 g/mol. The van der Waals surface area contributed by atoms with Gasteiger partial charge >= 0.3 is 0 Å². The highest BCUT2D eigenvalue weighted by molar-refractivity contribution is 5.76. The maximum Gasteiger partial charge on any atom is 0.223 e. The van der Waals surface area contributed by atoms with Crippen molar-refractivity contribution in [1.82, 2.24) is 9.88 Å². The minimum absolute atomic E-state index is 0.123. The number of carbonyl (C=O) groups excluding carboxylic acids is 1. The third-order valence-electron chi connectivity index (χ3n) is 5.01. The first kappa shape index (κ1) is 17.6. The summed E-state index contributed by atoms with van der Waals surface area (Å²) >= 11 is 0. The van der Waals surface area contributed by atoms with Crippen LogP contribution in [0, 0.1) is 5.82 Å². The second-order valence-corrected chi connectivity index (χ2v) is 6.75. The van der Waals surface area contributed by atoms with E-state index in [1.807, 2.05) is 11.9 Å². The summed E-state index contributed by atoms with van der Waals surface area (Å²) in [4.78, 5) is 18.5. The van der Waals surface area contributed by atoms with E-state index in [1.54, 1.807) is 18.2 Å². The van der Waals surface area contributed by atoms with Crippen LogP contribution >= 0.6 is 0 Å². The minimum atomic E-state index is -0.339. The van der Waals surface area contributed by atoms with Crippen molar-refractivity contribution in [2.75, 3.05) is 7.05 Å². The van der Waals surface area contributed by atoms with Crippen LogP contribution < -0.4 is 0 Å². The quantitative estimate of drug-likeness (QED) is 0.745. The van der Waals surface area contributed by atoms with E-state index in [-0.39, 0.29) is 11.7 Å². The van der Waals surface area contributed by atoms with E-state index in [0.29, 0.717) is 36.1 Å². The molecule has 0 bridgehead atoms. The van der Waals surface area contributed by atoms with E-state index in [1.165, 1.54) is 37.9 Å². The highest BCUT2D eigenvalue weighted by Gasteiger charge is 2.21. The van der Waals surface area contributed by atoms with Crippen molar-refractivity contribution in [3.63, 3.8) is 0 Å². The number of hydrogen-bond donors (Lipinski definition) is 0. The van der Waals surface area contributed by atoms with Crippen LogP contribution in [-0.2, 0) is 11.2 Å². The van der Waals surface area contributed by atoms with Crippen molar-refractivity contribution in [3.8, 4) is 11.3 Å². The molecule has 2 aromatic rings. The SMILES string of the molecule is CN(C(=O)CCc1ncc(-c2ccccc2F)o1)C1CCCCCC1. The Morgan fingerprint density at radius 1 is 1.24 bits per heavy atom. The summed E-state index contributed by atoms with van der Waals surface area (Å²) < 4.78 is 19.4. The zero-order chi connectivity index (χ0) is 17.6. The van der Waals surface area contributed by atoms with Crippen LogP contribution in [0.1, 0.15) is 50.8 Å². The van der Waals surface area contributed by atoms with Gasteiger partial charge in [-0.05, 0) is 25.0 Å². The summed E-state index contributed by atoms with van der Waals surface area (Å²) in [5.74, 6) is 0.658. The van der Waals surface area contributed by atoms with Crippen molar-refractivity contribution < 1.29 is 13.6 Å². The number of carbonyl (C=O) groups is 1. The van der Waals surface area contributed by atoms with Gasteiger partial charge in [-0.3, -0.25) is 4.79 Å². The molecule has 0 radical (unpaired) electrons. The molecule has 0 aliphatic heterocycles. The number of halogens is 1. The van der Waals surface area contributed by atoms with Crippen LogP contribution in [0.4, 0.5) is 4.39 Å². The first-order chi connectivity index (χ1) is 12.1. The van der Waals surface area contributed by atoms with Gasteiger partial charge < -0.3 is 9.32 Å². The fourth-order valence-corrected chi connectivity index (χ4v) is 3.45. The van der Waals surface area contributed by atoms with Gasteiger partial charge in [-0.2, -0.15) is 0 Å². The zero-order valence-corrected chi connectivity index (χ0v) is 14.7. The Balaban J connectivity index is 1.56. The lowest BCUT2D eigenvalue weighted by atomic mass is 10.1. The minimum Gasteiger partial charge on any atom is -0.441 e. The van der Waals surface area contributed by atoms with Gasteiger partial charge in [0.25, 0.3) is 0 Å². The van der Waals surface area contributed by atoms with Gasteiger partial charge in [-0.25, -0.2) is 9.37 Å². The van der Waals surface area contributed by atoms with Crippen LogP contribution in [0.2, 0.25) is 0 Å². The Hall–Kier alpha value is -2.17.